The Morgan fingerprint density at radius 3 is 2.67 bits per heavy atom. The molecular formula is C27H34IN6O5P. The fourth-order valence-corrected chi connectivity index (χ4v) is 6.79. The van der Waals surface area contributed by atoms with Gasteiger partial charge in [0.05, 0.1) is 37.2 Å². The fourth-order valence-electron chi connectivity index (χ4n) is 4.68. The molecule has 3 heterocycles. The Bertz CT molecular complexity index is 1300. The molecule has 1 N–H and O–H groups in total. The highest BCUT2D eigenvalue weighted by atomic mass is 127. The van der Waals surface area contributed by atoms with Crippen molar-refractivity contribution in [1.82, 2.24) is 19.2 Å². The number of hydrogen-bond acceptors (Lipinski definition) is 9. The molecule has 0 radical (unpaired) electrons. The summed E-state index contributed by atoms with van der Waals surface area (Å²) in [5.41, 5.74) is 1.18. The molecule has 13 heteroatoms. The summed E-state index contributed by atoms with van der Waals surface area (Å²) in [7, 11) is -1.45. The molecule has 1 aliphatic rings. The summed E-state index contributed by atoms with van der Waals surface area (Å²) >= 11 is 1.86. The van der Waals surface area contributed by atoms with E-state index in [0.29, 0.717) is 42.0 Å². The van der Waals surface area contributed by atoms with Gasteiger partial charge in [-0.2, -0.15) is 5.26 Å². The van der Waals surface area contributed by atoms with Crippen LogP contribution in [0.4, 0.5) is 5.82 Å². The number of carbonyl (C=O) groups excluding carboxylic acids is 1. The predicted molar refractivity (Wildman–Crippen MR) is 161 cm³/mol. The molecule has 0 bridgehead atoms. The summed E-state index contributed by atoms with van der Waals surface area (Å²) in [5, 5.41) is 12.6. The Balaban J connectivity index is 1.56. The summed E-state index contributed by atoms with van der Waals surface area (Å²) in [4.78, 5) is 21.6. The van der Waals surface area contributed by atoms with E-state index in [9.17, 15) is 4.79 Å². The molecule has 4 rings (SSSR count). The van der Waals surface area contributed by atoms with Crippen molar-refractivity contribution in [1.29, 1.82) is 5.26 Å². The maximum Gasteiger partial charge on any atom is 0.259 e. The number of nitrogens with zero attached hydrogens (tertiary/aromatic N) is 5. The minimum atomic E-state index is -1.45. The number of amides is 1. The predicted octanol–water partition coefficient (Wildman–Crippen LogP) is 6.00. The highest BCUT2D eigenvalue weighted by Gasteiger charge is 2.41. The Morgan fingerprint density at radius 2 is 2.00 bits per heavy atom. The molecule has 1 fully saturated rings. The van der Waals surface area contributed by atoms with Gasteiger partial charge in [-0.05, 0) is 45.9 Å². The number of ether oxygens (including phenoxy) is 1. The van der Waals surface area contributed by atoms with Crippen molar-refractivity contribution in [2.24, 2.45) is 0 Å². The number of nitriles is 1. The van der Waals surface area contributed by atoms with Crippen LogP contribution in [0.15, 0.2) is 48.9 Å². The number of rotatable bonds is 13. The number of anilines is 1. The molecule has 2 aromatic heterocycles. The van der Waals surface area contributed by atoms with Crippen molar-refractivity contribution in [2.75, 3.05) is 18.5 Å². The van der Waals surface area contributed by atoms with Gasteiger partial charge < -0.3 is 26.7 Å². The maximum atomic E-state index is 12.8. The fraction of sp³-hybridized carbons (Fsp3) is 0.481. The Kier molecular flexibility index (Phi) is 11.2. The van der Waals surface area contributed by atoms with Crippen molar-refractivity contribution in [3.63, 3.8) is 0 Å². The lowest BCUT2D eigenvalue weighted by molar-refractivity contribution is -0.0296. The standard InChI is InChI=1S/C27H34IN6O5P/c1-18(2)34(19(3)4)40(37-14-8-12-29)39-22-15-24(38-23(22)16-36-28)33-13-11-21-25(30-17-31-26(21)33)32-27(35)20-9-6-5-7-10-20/h5-7,9-11,13,17-19,22-24H,8,14-16H2,1-4H3,(H,30,31,32,35)/t22?,23?,24-,40?/m1/s1. The zero-order chi connectivity index (χ0) is 28.6. The van der Waals surface area contributed by atoms with Crippen LogP contribution < -0.4 is 5.32 Å². The van der Waals surface area contributed by atoms with Crippen LogP contribution in [0.5, 0.6) is 0 Å². The average molecular weight is 680 g/mol. The van der Waals surface area contributed by atoms with Crippen LogP contribution in [-0.4, -0.2) is 62.6 Å². The molecule has 214 valence electrons. The number of aromatic nitrogens is 3. The minimum absolute atomic E-state index is 0.181. The first kappa shape index (κ1) is 30.7. The topological polar surface area (TPSA) is 124 Å². The van der Waals surface area contributed by atoms with Gasteiger partial charge in [0.25, 0.3) is 14.4 Å². The van der Waals surface area contributed by atoms with E-state index < -0.39 is 8.53 Å². The molecule has 3 unspecified atom stereocenters. The summed E-state index contributed by atoms with van der Waals surface area (Å²) in [6.45, 7) is 9.03. The van der Waals surface area contributed by atoms with Crippen LogP contribution in [0.1, 0.15) is 57.1 Å². The normalized spacial score (nSPS) is 19.9. The van der Waals surface area contributed by atoms with Crippen molar-refractivity contribution >= 4 is 54.3 Å². The van der Waals surface area contributed by atoms with E-state index >= 15 is 0 Å². The van der Waals surface area contributed by atoms with Gasteiger partial charge in [-0.25, -0.2) is 14.6 Å². The molecule has 40 heavy (non-hydrogen) atoms. The van der Waals surface area contributed by atoms with Crippen molar-refractivity contribution in [3.05, 3.63) is 54.5 Å². The first-order chi connectivity index (χ1) is 19.3. The zero-order valence-electron chi connectivity index (χ0n) is 22.9. The van der Waals surface area contributed by atoms with Gasteiger partial charge in [0.2, 0.25) is 0 Å². The number of nitrogens with one attached hydrogen (secondary N) is 1. The van der Waals surface area contributed by atoms with Crippen molar-refractivity contribution in [3.8, 4) is 6.07 Å². The molecule has 3 aromatic rings. The van der Waals surface area contributed by atoms with E-state index in [1.165, 1.54) is 6.33 Å². The third-order valence-corrected chi connectivity index (χ3v) is 8.90. The first-order valence-electron chi connectivity index (χ1n) is 13.2. The van der Waals surface area contributed by atoms with E-state index in [4.69, 9.17) is 22.1 Å². The van der Waals surface area contributed by atoms with E-state index in [0.717, 1.165) is 0 Å². The second-order valence-corrected chi connectivity index (χ2v) is 11.9. The van der Waals surface area contributed by atoms with Crippen LogP contribution in [0.3, 0.4) is 0 Å². The molecule has 1 aliphatic heterocycles. The minimum Gasteiger partial charge on any atom is -0.349 e. The third-order valence-electron chi connectivity index (χ3n) is 6.38. The van der Waals surface area contributed by atoms with Gasteiger partial charge in [0.15, 0.2) is 0 Å². The van der Waals surface area contributed by atoms with Gasteiger partial charge in [-0.15, -0.1) is 0 Å². The lowest BCUT2D eigenvalue weighted by atomic mass is 10.2. The molecule has 1 saturated heterocycles. The molecular weight excluding hydrogens is 646 g/mol. The molecule has 1 aromatic carbocycles. The average Bonchev–Trinajstić information content (AvgIpc) is 3.53. The summed E-state index contributed by atoms with van der Waals surface area (Å²) < 4.78 is 28.7. The van der Waals surface area contributed by atoms with Crippen LogP contribution >= 0.6 is 31.5 Å². The number of halogens is 1. The van der Waals surface area contributed by atoms with E-state index in [2.05, 4.69) is 53.7 Å². The molecule has 1 amide bonds. The molecule has 0 spiro atoms. The Morgan fingerprint density at radius 1 is 1.25 bits per heavy atom. The second kappa shape index (κ2) is 14.6. The lowest BCUT2D eigenvalue weighted by Gasteiger charge is -2.37. The molecule has 0 saturated carbocycles. The van der Waals surface area contributed by atoms with Gasteiger partial charge in [0.1, 0.15) is 53.1 Å². The SMILES string of the molecule is CC(C)N(C(C)C)P(OCCC#N)OC1C[C@H](n2ccc3c(NC(=O)c4ccccc4)ncnc32)OC1COI. The molecule has 0 aliphatic carbocycles. The van der Waals surface area contributed by atoms with Crippen molar-refractivity contribution < 1.29 is 21.6 Å². The maximum absolute atomic E-state index is 12.8. The second-order valence-electron chi connectivity index (χ2n) is 9.83. The summed E-state index contributed by atoms with van der Waals surface area (Å²) in [6.07, 6.45) is 3.10. The number of benzene rings is 1. The number of hydrogen-bond donors (Lipinski definition) is 1. The molecule has 11 nitrogen and oxygen atoms in total. The zero-order valence-corrected chi connectivity index (χ0v) is 26.0. The van der Waals surface area contributed by atoms with Gasteiger partial charge in [-0.1, -0.05) is 18.2 Å². The van der Waals surface area contributed by atoms with Crippen LogP contribution in [0, 0.1) is 11.3 Å². The van der Waals surface area contributed by atoms with Crippen LogP contribution in [0.25, 0.3) is 11.0 Å². The highest BCUT2D eigenvalue weighted by molar-refractivity contribution is 14.1. The Hall–Kier alpha value is -2.24. The highest BCUT2D eigenvalue weighted by Crippen LogP contribution is 2.50. The van der Waals surface area contributed by atoms with Gasteiger partial charge in [-0.3, -0.25) is 4.79 Å². The number of carbonyl (C=O) groups is 1. The summed E-state index contributed by atoms with van der Waals surface area (Å²) in [6, 6.07) is 13.4. The lowest BCUT2D eigenvalue weighted by Crippen LogP contribution is -2.36. The van der Waals surface area contributed by atoms with Gasteiger partial charge >= 0.3 is 0 Å². The largest absolute Gasteiger partial charge is 0.349 e. The van der Waals surface area contributed by atoms with Crippen molar-refractivity contribution in [2.45, 2.75) is 71.1 Å². The smallest absolute Gasteiger partial charge is 0.259 e. The monoisotopic (exact) mass is 680 g/mol. The first-order valence-corrected chi connectivity index (χ1v) is 15.2. The summed E-state index contributed by atoms with van der Waals surface area (Å²) in [5.74, 6) is 0.178. The van der Waals surface area contributed by atoms with Gasteiger partial charge in [0, 0.05) is 30.3 Å². The van der Waals surface area contributed by atoms with E-state index in [1.807, 2.05) is 58.0 Å². The van der Waals surface area contributed by atoms with E-state index in [-0.39, 0.29) is 42.8 Å². The molecule has 4 atom stereocenters. The number of fused-ring (bicyclic) bond motifs is 1. The Labute approximate surface area is 249 Å². The quantitative estimate of drug-likeness (QED) is 0.132. The van der Waals surface area contributed by atoms with E-state index in [1.54, 1.807) is 12.1 Å². The van der Waals surface area contributed by atoms with Crippen LogP contribution in [0.2, 0.25) is 0 Å². The third kappa shape index (κ3) is 7.33. The van der Waals surface area contributed by atoms with Crippen LogP contribution in [-0.2, 0) is 16.9 Å².